The molecule has 86 valence electrons. The van der Waals surface area contributed by atoms with E-state index < -0.39 is 0 Å². The third-order valence-electron chi connectivity index (χ3n) is 2.67. The highest BCUT2D eigenvalue weighted by Crippen LogP contribution is 2.21. The van der Waals surface area contributed by atoms with Crippen molar-refractivity contribution < 1.29 is 0 Å². The van der Waals surface area contributed by atoms with Crippen LogP contribution in [0.2, 0.25) is 0 Å². The van der Waals surface area contributed by atoms with Crippen LogP contribution in [0.3, 0.4) is 0 Å². The maximum atomic E-state index is 6.05. The van der Waals surface area contributed by atoms with Crippen molar-refractivity contribution in [3.05, 3.63) is 35.9 Å². The lowest BCUT2D eigenvalue weighted by molar-refractivity contribution is 0.358. The third-order valence-corrected chi connectivity index (χ3v) is 2.67. The number of piperidine rings is 1. The number of benzene rings is 1. The summed E-state index contributed by atoms with van der Waals surface area (Å²) >= 11 is 0. The van der Waals surface area contributed by atoms with Crippen molar-refractivity contribution in [2.45, 2.75) is 24.9 Å². The molecule has 0 spiro atoms. The van der Waals surface area contributed by atoms with Gasteiger partial charge in [0.1, 0.15) is 0 Å². The SMILES string of the molecule is Cl.Cl.N[C@H]1CCCN[C@H]1c1ccccc1. The maximum Gasteiger partial charge on any atom is 0.0473 e. The Morgan fingerprint density at radius 1 is 1.13 bits per heavy atom. The van der Waals surface area contributed by atoms with Crippen molar-refractivity contribution in [2.75, 3.05) is 6.54 Å². The van der Waals surface area contributed by atoms with E-state index in [9.17, 15) is 0 Å². The Morgan fingerprint density at radius 2 is 1.80 bits per heavy atom. The van der Waals surface area contributed by atoms with Gasteiger partial charge >= 0.3 is 0 Å². The summed E-state index contributed by atoms with van der Waals surface area (Å²) < 4.78 is 0. The molecule has 4 heteroatoms. The van der Waals surface area contributed by atoms with Crippen molar-refractivity contribution in [1.29, 1.82) is 0 Å². The third kappa shape index (κ3) is 3.65. The standard InChI is InChI=1S/C11H16N2.2ClH/c12-10-7-4-8-13-11(10)9-5-2-1-3-6-9;;/h1-3,5-6,10-11,13H,4,7-8,12H2;2*1H/t10-,11-;;/m0../s1. The lowest BCUT2D eigenvalue weighted by Crippen LogP contribution is -2.42. The zero-order valence-electron chi connectivity index (χ0n) is 8.56. The van der Waals surface area contributed by atoms with Gasteiger partial charge in [0.15, 0.2) is 0 Å². The molecule has 1 aliphatic heterocycles. The fourth-order valence-corrected chi connectivity index (χ4v) is 1.94. The summed E-state index contributed by atoms with van der Waals surface area (Å²) in [6.07, 6.45) is 2.33. The van der Waals surface area contributed by atoms with E-state index in [0.29, 0.717) is 6.04 Å². The van der Waals surface area contributed by atoms with Crippen LogP contribution in [0.1, 0.15) is 24.4 Å². The molecular formula is C11H18Cl2N2. The molecule has 0 aliphatic carbocycles. The Labute approximate surface area is 103 Å². The second-order valence-corrected chi connectivity index (χ2v) is 3.65. The lowest BCUT2D eigenvalue weighted by Gasteiger charge is -2.30. The van der Waals surface area contributed by atoms with Crippen molar-refractivity contribution in [3.63, 3.8) is 0 Å². The summed E-state index contributed by atoms with van der Waals surface area (Å²) in [6, 6.07) is 11.1. The van der Waals surface area contributed by atoms with Gasteiger partial charge in [-0.3, -0.25) is 0 Å². The van der Waals surface area contributed by atoms with Gasteiger partial charge in [-0.05, 0) is 24.9 Å². The highest BCUT2D eigenvalue weighted by atomic mass is 35.5. The van der Waals surface area contributed by atoms with Crippen LogP contribution in [0.5, 0.6) is 0 Å². The predicted molar refractivity (Wildman–Crippen MR) is 68.9 cm³/mol. The predicted octanol–water partition coefficient (Wildman–Crippen LogP) is 2.28. The zero-order valence-corrected chi connectivity index (χ0v) is 10.2. The first-order valence-electron chi connectivity index (χ1n) is 4.92. The van der Waals surface area contributed by atoms with Crippen LogP contribution in [0, 0.1) is 0 Å². The molecule has 0 amide bonds. The number of nitrogens with two attached hydrogens (primary N) is 1. The highest BCUT2D eigenvalue weighted by Gasteiger charge is 2.21. The summed E-state index contributed by atoms with van der Waals surface area (Å²) in [5.74, 6) is 0. The normalized spacial score (nSPS) is 24.9. The van der Waals surface area contributed by atoms with E-state index in [1.165, 1.54) is 12.0 Å². The Bertz CT molecular complexity index is 267. The summed E-state index contributed by atoms with van der Waals surface area (Å²) in [5.41, 5.74) is 7.36. The summed E-state index contributed by atoms with van der Waals surface area (Å²) in [5, 5.41) is 3.46. The zero-order chi connectivity index (χ0) is 9.10. The van der Waals surface area contributed by atoms with Crippen LogP contribution in [-0.2, 0) is 0 Å². The Morgan fingerprint density at radius 3 is 2.40 bits per heavy atom. The van der Waals surface area contributed by atoms with Gasteiger partial charge in [0, 0.05) is 12.1 Å². The van der Waals surface area contributed by atoms with E-state index in [2.05, 4.69) is 29.6 Å². The number of hydrogen-bond acceptors (Lipinski definition) is 2. The summed E-state index contributed by atoms with van der Waals surface area (Å²) in [4.78, 5) is 0. The Balaban J connectivity index is 0.000000980. The van der Waals surface area contributed by atoms with Crippen molar-refractivity contribution in [2.24, 2.45) is 5.73 Å². The molecule has 0 aromatic heterocycles. The van der Waals surface area contributed by atoms with Gasteiger partial charge in [-0.25, -0.2) is 0 Å². The van der Waals surface area contributed by atoms with Crippen molar-refractivity contribution >= 4 is 24.8 Å². The molecule has 1 fully saturated rings. The molecular weight excluding hydrogens is 231 g/mol. The van der Waals surface area contributed by atoms with Crippen LogP contribution in [0.15, 0.2) is 30.3 Å². The number of hydrogen-bond donors (Lipinski definition) is 2. The first-order chi connectivity index (χ1) is 6.38. The molecule has 2 nitrogen and oxygen atoms in total. The van der Waals surface area contributed by atoms with Gasteiger partial charge in [-0.15, -0.1) is 24.8 Å². The van der Waals surface area contributed by atoms with E-state index in [-0.39, 0.29) is 30.9 Å². The molecule has 1 aliphatic rings. The Hall–Kier alpha value is -0.280. The van der Waals surface area contributed by atoms with Crippen molar-refractivity contribution in [1.82, 2.24) is 5.32 Å². The quantitative estimate of drug-likeness (QED) is 0.801. The molecule has 2 atom stereocenters. The second-order valence-electron chi connectivity index (χ2n) is 3.65. The van der Waals surface area contributed by atoms with E-state index in [1.807, 2.05) is 6.07 Å². The largest absolute Gasteiger partial charge is 0.326 e. The number of nitrogens with one attached hydrogen (secondary N) is 1. The monoisotopic (exact) mass is 248 g/mol. The van der Waals surface area contributed by atoms with Gasteiger partial charge in [-0.1, -0.05) is 30.3 Å². The van der Waals surface area contributed by atoms with Gasteiger partial charge in [0.2, 0.25) is 0 Å². The molecule has 0 saturated carbocycles. The molecule has 1 aromatic rings. The van der Waals surface area contributed by atoms with Gasteiger partial charge in [0.25, 0.3) is 0 Å². The Kier molecular flexibility index (Phi) is 6.94. The van der Waals surface area contributed by atoms with Gasteiger partial charge in [-0.2, -0.15) is 0 Å². The van der Waals surface area contributed by atoms with Gasteiger partial charge < -0.3 is 11.1 Å². The highest BCUT2D eigenvalue weighted by molar-refractivity contribution is 5.85. The number of halogens is 2. The van der Waals surface area contributed by atoms with Gasteiger partial charge in [0.05, 0.1) is 0 Å². The van der Waals surface area contributed by atoms with Crippen LogP contribution >= 0.6 is 24.8 Å². The van der Waals surface area contributed by atoms with E-state index in [1.54, 1.807) is 0 Å². The maximum absolute atomic E-state index is 6.05. The fraction of sp³-hybridized carbons (Fsp3) is 0.455. The van der Waals surface area contributed by atoms with Crippen LogP contribution in [-0.4, -0.2) is 12.6 Å². The summed E-state index contributed by atoms with van der Waals surface area (Å²) in [6.45, 7) is 1.09. The molecule has 1 aromatic carbocycles. The minimum atomic E-state index is 0. The molecule has 0 radical (unpaired) electrons. The average molecular weight is 249 g/mol. The first kappa shape index (κ1) is 14.7. The summed E-state index contributed by atoms with van der Waals surface area (Å²) in [7, 11) is 0. The van der Waals surface area contributed by atoms with Crippen LogP contribution in [0.25, 0.3) is 0 Å². The molecule has 0 bridgehead atoms. The molecule has 3 N–H and O–H groups in total. The van der Waals surface area contributed by atoms with Crippen molar-refractivity contribution in [3.8, 4) is 0 Å². The van der Waals surface area contributed by atoms with Crippen LogP contribution in [0.4, 0.5) is 0 Å². The molecule has 0 unspecified atom stereocenters. The first-order valence-corrected chi connectivity index (χ1v) is 4.92. The molecule has 1 saturated heterocycles. The number of rotatable bonds is 1. The molecule has 15 heavy (non-hydrogen) atoms. The topological polar surface area (TPSA) is 38.0 Å². The lowest BCUT2D eigenvalue weighted by atomic mass is 9.93. The second kappa shape index (κ2) is 7.07. The minimum Gasteiger partial charge on any atom is -0.326 e. The molecule has 1 heterocycles. The van der Waals surface area contributed by atoms with Crippen LogP contribution < -0.4 is 11.1 Å². The molecule has 2 rings (SSSR count). The minimum absolute atomic E-state index is 0. The van der Waals surface area contributed by atoms with E-state index in [0.717, 1.165) is 13.0 Å². The van der Waals surface area contributed by atoms with E-state index >= 15 is 0 Å². The van der Waals surface area contributed by atoms with E-state index in [4.69, 9.17) is 5.73 Å². The fourth-order valence-electron chi connectivity index (χ4n) is 1.94. The average Bonchev–Trinajstić information content (AvgIpc) is 2.20. The smallest absolute Gasteiger partial charge is 0.0473 e.